The van der Waals surface area contributed by atoms with Gasteiger partial charge in [0.2, 0.25) is 5.28 Å². The molecule has 0 bridgehead atoms. The highest BCUT2D eigenvalue weighted by atomic mass is 35.5. The first-order valence-corrected chi connectivity index (χ1v) is 12.4. The van der Waals surface area contributed by atoms with Gasteiger partial charge in [0, 0.05) is 33.1 Å². The van der Waals surface area contributed by atoms with E-state index in [9.17, 15) is 31.9 Å². The number of hydrogen-bond donors (Lipinski definition) is 0. The van der Waals surface area contributed by atoms with Gasteiger partial charge in [0.25, 0.3) is 5.56 Å². The lowest BCUT2D eigenvalue weighted by Gasteiger charge is -2.36. The normalized spacial score (nSPS) is 14.4. The van der Waals surface area contributed by atoms with E-state index in [2.05, 4.69) is 9.97 Å². The number of carbonyl (C=O) groups excluding carboxylic acids is 2. The molecule has 10 nitrogen and oxygen atoms in total. The molecule has 40 heavy (non-hydrogen) atoms. The Morgan fingerprint density at radius 3 is 2.27 bits per heavy atom. The molecule has 0 spiro atoms. The lowest BCUT2D eigenvalue weighted by atomic mass is 10.1. The first kappa shape index (κ1) is 29.1. The van der Waals surface area contributed by atoms with Gasteiger partial charge in [-0.2, -0.15) is 18.2 Å². The minimum Gasteiger partial charge on any atom is -0.444 e. The van der Waals surface area contributed by atoms with Crippen LogP contribution in [0.3, 0.4) is 0 Å². The number of halogens is 5. The van der Waals surface area contributed by atoms with Gasteiger partial charge in [-0.05, 0) is 50.6 Å². The summed E-state index contributed by atoms with van der Waals surface area (Å²) in [5.74, 6) is -2.85. The number of pyridine rings is 1. The van der Waals surface area contributed by atoms with Crippen molar-refractivity contribution >= 4 is 40.4 Å². The van der Waals surface area contributed by atoms with E-state index in [1.54, 1.807) is 25.7 Å². The Balaban J connectivity index is 1.86. The number of alkyl halides is 3. The van der Waals surface area contributed by atoms with Crippen molar-refractivity contribution in [2.75, 3.05) is 31.1 Å². The second kappa shape index (κ2) is 10.6. The van der Waals surface area contributed by atoms with Crippen LogP contribution in [0, 0.1) is 5.82 Å². The molecule has 1 aliphatic rings. The van der Waals surface area contributed by atoms with Crippen molar-refractivity contribution in [1.29, 1.82) is 0 Å². The van der Waals surface area contributed by atoms with E-state index in [4.69, 9.17) is 21.1 Å². The van der Waals surface area contributed by atoms with Crippen molar-refractivity contribution in [3.05, 3.63) is 51.4 Å². The van der Waals surface area contributed by atoms with E-state index >= 15 is 0 Å². The van der Waals surface area contributed by atoms with Gasteiger partial charge in [0.05, 0.1) is 5.39 Å². The number of carbonyl (C=O) groups is 2. The first-order valence-electron chi connectivity index (χ1n) is 12.0. The number of anilines is 1. The number of piperazine rings is 1. The summed E-state index contributed by atoms with van der Waals surface area (Å²) in [5, 5.41) is -0.719. The molecule has 1 saturated heterocycles. The summed E-state index contributed by atoms with van der Waals surface area (Å²) in [6.45, 7) is 6.72. The van der Waals surface area contributed by atoms with Gasteiger partial charge < -0.3 is 19.3 Å². The molecule has 1 aromatic carbocycles. The lowest BCUT2D eigenvalue weighted by molar-refractivity contribution is -0.142. The fourth-order valence-corrected chi connectivity index (χ4v) is 4.36. The molecular formula is C25H24ClF4N5O5. The first-order chi connectivity index (χ1) is 18.6. The minimum absolute atomic E-state index is 0.0590. The Bertz CT molecular complexity index is 1550. The Hall–Kier alpha value is -3.94. The fourth-order valence-electron chi connectivity index (χ4n) is 4.19. The van der Waals surface area contributed by atoms with Crippen LogP contribution in [-0.4, -0.2) is 63.3 Å². The summed E-state index contributed by atoms with van der Waals surface area (Å²) >= 11 is 6.08. The molecule has 3 heterocycles. The molecule has 0 radical (unpaired) electrons. The molecular weight excluding hydrogens is 562 g/mol. The van der Waals surface area contributed by atoms with Crippen molar-refractivity contribution in [1.82, 2.24) is 19.4 Å². The molecule has 1 aliphatic heterocycles. The average Bonchev–Trinajstić information content (AvgIpc) is 2.83. The third kappa shape index (κ3) is 5.96. The van der Waals surface area contributed by atoms with Gasteiger partial charge in [-0.3, -0.25) is 14.2 Å². The van der Waals surface area contributed by atoms with Gasteiger partial charge in [-0.25, -0.2) is 14.2 Å². The Morgan fingerprint density at radius 2 is 1.70 bits per heavy atom. The predicted molar refractivity (Wildman–Crippen MR) is 136 cm³/mol. The molecule has 1 fully saturated rings. The van der Waals surface area contributed by atoms with Crippen molar-refractivity contribution in [2.45, 2.75) is 39.5 Å². The van der Waals surface area contributed by atoms with Crippen LogP contribution >= 0.6 is 11.6 Å². The maximum atomic E-state index is 15.0. The van der Waals surface area contributed by atoms with Crippen LogP contribution in [0.25, 0.3) is 16.6 Å². The number of esters is 1. The number of fused-ring (bicyclic) bond motifs is 1. The van der Waals surface area contributed by atoms with E-state index in [0.29, 0.717) is 6.07 Å². The summed E-state index contributed by atoms with van der Waals surface area (Å²) in [6, 6.07) is 3.61. The molecule has 4 rings (SSSR count). The molecule has 0 atom stereocenters. The zero-order chi connectivity index (χ0) is 29.6. The van der Waals surface area contributed by atoms with Crippen molar-refractivity contribution in [3.63, 3.8) is 0 Å². The number of nitrogens with zero attached hydrogens (tertiary/aromatic N) is 5. The number of aromatic nitrogens is 3. The average molecular weight is 586 g/mol. The Labute approximate surface area is 230 Å². The van der Waals surface area contributed by atoms with E-state index in [0.717, 1.165) is 25.1 Å². The summed E-state index contributed by atoms with van der Waals surface area (Å²) in [5.41, 5.74) is -5.07. The predicted octanol–water partition coefficient (Wildman–Crippen LogP) is 4.57. The molecule has 15 heteroatoms. The van der Waals surface area contributed by atoms with Crippen molar-refractivity contribution in [3.8, 4) is 11.4 Å². The smallest absolute Gasteiger partial charge is 0.431 e. The highest BCUT2D eigenvalue weighted by molar-refractivity contribution is 6.28. The quantitative estimate of drug-likeness (QED) is 0.190. The number of para-hydroxylation sites is 1. The van der Waals surface area contributed by atoms with Gasteiger partial charge >= 0.3 is 18.2 Å². The van der Waals surface area contributed by atoms with Gasteiger partial charge in [-0.1, -0.05) is 6.07 Å². The molecule has 0 unspecified atom stereocenters. The van der Waals surface area contributed by atoms with Gasteiger partial charge in [-0.15, -0.1) is 0 Å². The molecule has 0 saturated carbocycles. The van der Waals surface area contributed by atoms with Crippen LogP contribution in [0.2, 0.25) is 5.28 Å². The topological polar surface area (TPSA) is 107 Å². The number of ether oxygens (including phenoxy) is 2. The van der Waals surface area contributed by atoms with E-state index in [1.807, 2.05) is 0 Å². The van der Waals surface area contributed by atoms with Gasteiger partial charge in [0.15, 0.2) is 11.6 Å². The van der Waals surface area contributed by atoms with Crippen LogP contribution < -0.4 is 15.2 Å². The third-order valence-electron chi connectivity index (χ3n) is 5.77. The van der Waals surface area contributed by atoms with Crippen LogP contribution in [0.1, 0.15) is 33.4 Å². The van der Waals surface area contributed by atoms with Crippen LogP contribution in [0.5, 0.6) is 5.75 Å². The molecule has 3 aromatic rings. The number of benzene rings is 1. The maximum Gasteiger partial charge on any atom is 0.431 e. The summed E-state index contributed by atoms with van der Waals surface area (Å²) in [6.07, 6.45) is -5.71. The standard InChI is InChI=1S/C25H24ClF4N5O5/c1-13(36)39-16-7-5-6-15(27)19(16)35-17(25(28,29)30)12-14-18(21(35)37)31-22(26)32-20(14)33-8-10-34(11-9-33)23(38)40-24(2,3)4/h5-7,12H,8-11H2,1-4H3. The summed E-state index contributed by atoms with van der Waals surface area (Å²) in [7, 11) is 0. The highest BCUT2D eigenvalue weighted by Gasteiger charge is 2.38. The highest BCUT2D eigenvalue weighted by Crippen LogP contribution is 2.37. The van der Waals surface area contributed by atoms with E-state index < -0.39 is 63.1 Å². The lowest BCUT2D eigenvalue weighted by Crippen LogP contribution is -2.50. The van der Waals surface area contributed by atoms with Crippen molar-refractivity contribution < 1.29 is 36.6 Å². The van der Waals surface area contributed by atoms with Crippen LogP contribution in [-0.2, 0) is 15.7 Å². The summed E-state index contributed by atoms with van der Waals surface area (Å²) < 4.78 is 68.4. The number of hydrogen-bond acceptors (Lipinski definition) is 8. The van der Waals surface area contributed by atoms with E-state index in [1.165, 1.54) is 4.90 Å². The zero-order valence-corrected chi connectivity index (χ0v) is 22.6. The Morgan fingerprint density at radius 1 is 1.05 bits per heavy atom. The molecule has 0 N–H and O–H groups in total. The second-order valence-corrected chi connectivity index (χ2v) is 10.2. The maximum absolute atomic E-state index is 15.0. The SMILES string of the molecule is CC(=O)Oc1cccc(F)c1-n1c(C(F)(F)F)cc2c(N3CCN(C(=O)OC(C)(C)C)CC3)nc(Cl)nc2c1=O. The molecule has 1 amide bonds. The van der Waals surface area contributed by atoms with Gasteiger partial charge in [0.1, 0.15) is 28.3 Å². The minimum atomic E-state index is -5.16. The second-order valence-electron chi connectivity index (χ2n) is 9.88. The van der Waals surface area contributed by atoms with Crippen molar-refractivity contribution in [2.24, 2.45) is 0 Å². The molecule has 2 aromatic heterocycles. The van der Waals surface area contributed by atoms with E-state index in [-0.39, 0.29) is 42.0 Å². The Kier molecular flexibility index (Phi) is 7.67. The molecule has 214 valence electrons. The largest absolute Gasteiger partial charge is 0.444 e. The summed E-state index contributed by atoms with van der Waals surface area (Å²) in [4.78, 5) is 48.5. The van der Waals surface area contributed by atoms with Crippen LogP contribution in [0.4, 0.5) is 28.2 Å². The molecule has 0 aliphatic carbocycles. The number of amides is 1. The van der Waals surface area contributed by atoms with Crippen LogP contribution in [0.15, 0.2) is 29.1 Å². The number of rotatable bonds is 3. The monoisotopic (exact) mass is 585 g/mol. The third-order valence-corrected chi connectivity index (χ3v) is 5.94. The zero-order valence-electron chi connectivity index (χ0n) is 21.8. The fraction of sp³-hybridized carbons (Fsp3) is 0.400.